The number of amides is 1. The summed E-state index contributed by atoms with van der Waals surface area (Å²) in [7, 11) is -3.52. The van der Waals surface area contributed by atoms with Crippen molar-refractivity contribution >= 4 is 15.9 Å². The van der Waals surface area contributed by atoms with Gasteiger partial charge < -0.3 is 4.90 Å². The summed E-state index contributed by atoms with van der Waals surface area (Å²) in [5.41, 5.74) is 1.12. The van der Waals surface area contributed by atoms with Crippen molar-refractivity contribution < 1.29 is 13.2 Å². The molecular formula is C23H35N3O3S. The van der Waals surface area contributed by atoms with Crippen LogP contribution in [-0.4, -0.2) is 72.7 Å². The van der Waals surface area contributed by atoms with Crippen LogP contribution in [-0.2, 0) is 20.2 Å². The summed E-state index contributed by atoms with van der Waals surface area (Å²) >= 11 is 0. The van der Waals surface area contributed by atoms with Crippen LogP contribution in [0.2, 0.25) is 0 Å². The number of hydrogen-bond acceptors (Lipinski definition) is 4. The van der Waals surface area contributed by atoms with Gasteiger partial charge in [0.15, 0.2) is 0 Å². The number of sulfonamides is 1. The van der Waals surface area contributed by atoms with E-state index >= 15 is 0 Å². The topological polar surface area (TPSA) is 60.9 Å². The van der Waals surface area contributed by atoms with Crippen LogP contribution >= 0.6 is 0 Å². The first-order valence-electron chi connectivity index (χ1n) is 11.3. The predicted octanol–water partition coefficient (Wildman–Crippen LogP) is 2.83. The Morgan fingerprint density at radius 1 is 1.00 bits per heavy atom. The Labute approximate surface area is 181 Å². The highest BCUT2D eigenvalue weighted by atomic mass is 32.2. The largest absolute Gasteiger partial charge is 0.341 e. The van der Waals surface area contributed by atoms with E-state index in [1.807, 2.05) is 24.0 Å². The van der Waals surface area contributed by atoms with Crippen molar-refractivity contribution in [1.82, 2.24) is 14.1 Å². The van der Waals surface area contributed by atoms with Gasteiger partial charge in [-0.25, -0.2) is 8.42 Å². The average Bonchev–Trinajstić information content (AvgIpc) is 3.32. The van der Waals surface area contributed by atoms with Crippen LogP contribution in [0.5, 0.6) is 0 Å². The molecule has 1 aromatic rings. The summed E-state index contributed by atoms with van der Waals surface area (Å²) in [6.07, 6.45) is 4.09. The molecule has 1 unspecified atom stereocenters. The van der Waals surface area contributed by atoms with E-state index in [9.17, 15) is 13.2 Å². The van der Waals surface area contributed by atoms with Crippen LogP contribution in [0.15, 0.2) is 29.2 Å². The Morgan fingerprint density at radius 2 is 1.53 bits per heavy atom. The molecule has 3 heterocycles. The minimum absolute atomic E-state index is 0.00889. The first-order chi connectivity index (χ1) is 14.1. The Bertz CT molecular complexity index is 871. The lowest BCUT2D eigenvalue weighted by atomic mass is 9.87. The van der Waals surface area contributed by atoms with Gasteiger partial charge in [-0.2, -0.15) is 4.31 Å². The minimum Gasteiger partial charge on any atom is -0.341 e. The van der Waals surface area contributed by atoms with Gasteiger partial charge in [-0.3, -0.25) is 9.69 Å². The third kappa shape index (κ3) is 3.92. The van der Waals surface area contributed by atoms with Gasteiger partial charge in [0.2, 0.25) is 15.9 Å². The standard InChI is InChI=1S/C23H35N3O3S/c1-17(22(27)24-13-5-6-14-24)26-19-9-10-20(26)16-25(15-19)30(28,29)21-11-7-18(8-12-21)23(2,3)4/h7-8,11-12,17,19-20H,5-6,9-10,13-16H2,1-4H3/t17?,19-,20+. The smallest absolute Gasteiger partial charge is 0.243 e. The molecule has 7 heteroatoms. The second-order valence-electron chi connectivity index (χ2n) is 10.1. The van der Waals surface area contributed by atoms with Gasteiger partial charge >= 0.3 is 0 Å². The van der Waals surface area contributed by atoms with E-state index in [-0.39, 0.29) is 29.4 Å². The zero-order valence-corrected chi connectivity index (χ0v) is 19.5. The van der Waals surface area contributed by atoms with Gasteiger partial charge in [-0.1, -0.05) is 32.9 Å². The Balaban J connectivity index is 1.49. The van der Waals surface area contributed by atoms with Crippen molar-refractivity contribution in [3.8, 4) is 0 Å². The van der Waals surface area contributed by atoms with E-state index < -0.39 is 10.0 Å². The number of rotatable bonds is 4. The molecule has 3 saturated heterocycles. The fourth-order valence-electron chi connectivity index (χ4n) is 5.33. The molecule has 3 atom stereocenters. The lowest BCUT2D eigenvalue weighted by Gasteiger charge is -2.43. The van der Waals surface area contributed by atoms with Crippen molar-refractivity contribution in [2.45, 2.75) is 81.8 Å². The van der Waals surface area contributed by atoms with Crippen LogP contribution in [0.1, 0.15) is 58.9 Å². The monoisotopic (exact) mass is 433 g/mol. The molecule has 0 aromatic heterocycles. The summed E-state index contributed by atoms with van der Waals surface area (Å²) < 4.78 is 28.3. The molecule has 166 valence electrons. The molecule has 3 aliphatic rings. The predicted molar refractivity (Wildman–Crippen MR) is 118 cm³/mol. The summed E-state index contributed by atoms with van der Waals surface area (Å²) in [6.45, 7) is 11.0. The van der Waals surface area contributed by atoms with Gasteiger partial charge in [0.1, 0.15) is 0 Å². The van der Waals surface area contributed by atoms with Crippen molar-refractivity contribution in [3.63, 3.8) is 0 Å². The first-order valence-corrected chi connectivity index (χ1v) is 12.7. The fraction of sp³-hybridized carbons (Fsp3) is 0.696. The summed E-state index contributed by atoms with van der Waals surface area (Å²) in [6, 6.07) is 7.40. The van der Waals surface area contributed by atoms with E-state index in [0.29, 0.717) is 18.0 Å². The molecule has 0 N–H and O–H groups in total. The average molecular weight is 434 g/mol. The van der Waals surface area contributed by atoms with Crippen molar-refractivity contribution in [1.29, 1.82) is 0 Å². The number of benzene rings is 1. The number of piperazine rings is 1. The van der Waals surface area contributed by atoms with Crippen LogP contribution in [0.4, 0.5) is 0 Å². The maximum absolute atomic E-state index is 13.3. The second-order valence-corrected chi connectivity index (χ2v) is 12.1. The summed E-state index contributed by atoms with van der Waals surface area (Å²) in [5, 5.41) is 0. The van der Waals surface area contributed by atoms with Crippen molar-refractivity contribution in [2.24, 2.45) is 0 Å². The molecule has 0 aliphatic carbocycles. The normalized spacial score (nSPS) is 26.9. The molecule has 2 bridgehead atoms. The van der Waals surface area contributed by atoms with Gasteiger partial charge in [0.05, 0.1) is 10.9 Å². The van der Waals surface area contributed by atoms with E-state index in [0.717, 1.165) is 44.3 Å². The molecular weight excluding hydrogens is 398 g/mol. The molecule has 3 aliphatic heterocycles. The van der Waals surface area contributed by atoms with Gasteiger partial charge in [-0.05, 0) is 55.7 Å². The zero-order valence-electron chi connectivity index (χ0n) is 18.7. The Kier molecular flexibility index (Phi) is 5.75. The maximum atomic E-state index is 13.3. The summed E-state index contributed by atoms with van der Waals surface area (Å²) in [4.78, 5) is 17.6. The Hall–Kier alpha value is -1.44. The van der Waals surface area contributed by atoms with Gasteiger partial charge in [-0.15, -0.1) is 0 Å². The second kappa shape index (κ2) is 7.92. The number of fused-ring (bicyclic) bond motifs is 2. The zero-order chi connectivity index (χ0) is 21.7. The first kappa shape index (κ1) is 21.8. The third-order valence-electron chi connectivity index (χ3n) is 7.09. The highest BCUT2D eigenvalue weighted by molar-refractivity contribution is 7.89. The lowest BCUT2D eigenvalue weighted by Crippen LogP contribution is -2.60. The van der Waals surface area contributed by atoms with Crippen LogP contribution < -0.4 is 0 Å². The van der Waals surface area contributed by atoms with E-state index in [4.69, 9.17) is 0 Å². The molecule has 6 nitrogen and oxygen atoms in total. The van der Waals surface area contributed by atoms with Crippen LogP contribution in [0.25, 0.3) is 0 Å². The highest BCUT2D eigenvalue weighted by Gasteiger charge is 2.47. The minimum atomic E-state index is -3.52. The molecule has 0 radical (unpaired) electrons. The van der Waals surface area contributed by atoms with Crippen molar-refractivity contribution in [2.75, 3.05) is 26.2 Å². The Morgan fingerprint density at radius 3 is 2.03 bits per heavy atom. The van der Waals surface area contributed by atoms with E-state index in [2.05, 4.69) is 25.7 Å². The lowest BCUT2D eigenvalue weighted by molar-refractivity contribution is -0.137. The maximum Gasteiger partial charge on any atom is 0.243 e. The molecule has 0 spiro atoms. The van der Waals surface area contributed by atoms with Crippen molar-refractivity contribution in [3.05, 3.63) is 29.8 Å². The van der Waals surface area contributed by atoms with Gasteiger partial charge in [0, 0.05) is 38.3 Å². The molecule has 1 amide bonds. The molecule has 30 heavy (non-hydrogen) atoms. The van der Waals surface area contributed by atoms with Gasteiger partial charge in [0.25, 0.3) is 0 Å². The molecule has 1 aromatic carbocycles. The summed E-state index contributed by atoms with van der Waals surface area (Å²) in [5.74, 6) is 0.207. The molecule has 3 fully saturated rings. The number of likely N-dealkylation sites (tertiary alicyclic amines) is 1. The molecule has 0 saturated carbocycles. The highest BCUT2D eigenvalue weighted by Crippen LogP contribution is 2.35. The fourth-order valence-corrected chi connectivity index (χ4v) is 6.85. The van der Waals surface area contributed by atoms with Crippen LogP contribution in [0.3, 0.4) is 0 Å². The molecule has 4 rings (SSSR count). The SMILES string of the molecule is CC(C(=O)N1CCCC1)N1[C@@H]2CC[C@H]1CN(S(=O)(=O)c1ccc(C(C)(C)C)cc1)C2. The number of hydrogen-bond donors (Lipinski definition) is 0. The number of carbonyl (C=O) groups is 1. The van der Waals surface area contributed by atoms with E-state index in [1.165, 1.54) is 0 Å². The number of nitrogens with zero attached hydrogens (tertiary/aromatic N) is 3. The third-order valence-corrected chi connectivity index (χ3v) is 8.93. The number of carbonyl (C=O) groups excluding carboxylic acids is 1. The quantitative estimate of drug-likeness (QED) is 0.733. The van der Waals surface area contributed by atoms with E-state index in [1.54, 1.807) is 16.4 Å². The van der Waals surface area contributed by atoms with Crippen LogP contribution in [0, 0.1) is 0 Å².